The Hall–Kier alpha value is -2.75. The number of ketones is 1. The number of rotatable bonds is 6. The Morgan fingerprint density at radius 2 is 2.20 bits per heavy atom. The minimum Gasteiger partial charge on any atom is -0.396 e. The van der Waals surface area contributed by atoms with Crippen molar-refractivity contribution >= 4 is 44.7 Å². The Balaban J connectivity index is 1.64. The van der Waals surface area contributed by atoms with E-state index >= 15 is 0 Å². The number of fused-ring (bicyclic) bond motifs is 1. The van der Waals surface area contributed by atoms with Crippen molar-refractivity contribution in [2.75, 3.05) is 48.0 Å². The topological polar surface area (TPSA) is 95.0 Å². The van der Waals surface area contributed by atoms with E-state index in [0.717, 1.165) is 17.1 Å². The number of anilines is 3. The highest BCUT2D eigenvalue weighted by Gasteiger charge is 2.27. The predicted molar refractivity (Wildman–Crippen MR) is 117 cm³/mol. The van der Waals surface area contributed by atoms with Crippen LogP contribution in [0.2, 0.25) is 0 Å². The minimum atomic E-state index is -0.232. The van der Waals surface area contributed by atoms with Gasteiger partial charge in [0.15, 0.2) is 0 Å². The molecule has 9 heteroatoms. The quantitative estimate of drug-likeness (QED) is 0.378. The molecule has 0 radical (unpaired) electrons. The number of carbonyl (C=O) groups excluding carboxylic acids is 2. The van der Waals surface area contributed by atoms with Crippen LogP contribution in [-0.2, 0) is 9.53 Å². The van der Waals surface area contributed by atoms with E-state index in [4.69, 9.17) is 4.74 Å². The zero-order valence-corrected chi connectivity index (χ0v) is 17.8. The second kappa shape index (κ2) is 8.95. The van der Waals surface area contributed by atoms with E-state index < -0.39 is 0 Å². The lowest BCUT2D eigenvalue weighted by Crippen LogP contribution is -2.41. The summed E-state index contributed by atoms with van der Waals surface area (Å²) >= 11 is 3.28. The minimum absolute atomic E-state index is 0.0423. The van der Waals surface area contributed by atoms with Crippen molar-refractivity contribution in [3.05, 3.63) is 58.6 Å². The Bertz CT molecular complexity index is 1010. The number of halogens is 1. The van der Waals surface area contributed by atoms with Crippen LogP contribution in [-0.4, -0.2) is 54.7 Å². The Morgan fingerprint density at radius 3 is 2.97 bits per heavy atom. The summed E-state index contributed by atoms with van der Waals surface area (Å²) in [5, 5.41) is 12.6. The number of hydrogen-bond donors (Lipinski definition) is 2. The maximum Gasteiger partial charge on any atom is 0.253 e. The van der Waals surface area contributed by atoms with Crippen molar-refractivity contribution in [1.82, 2.24) is 4.98 Å². The number of nitrogens with zero attached hydrogens (tertiary/aromatic N) is 3. The van der Waals surface area contributed by atoms with Crippen LogP contribution < -0.4 is 15.1 Å². The number of morpholine rings is 1. The SMILES string of the molecule is O=C(C=C1Nc2cc(N3CCOCC3=O)ccc2N1CCCO)c1cccc(Br)n1. The highest BCUT2D eigenvalue weighted by Crippen LogP contribution is 2.39. The molecule has 2 aromatic rings. The van der Waals surface area contributed by atoms with Gasteiger partial charge in [0.2, 0.25) is 5.78 Å². The van der Waals surface area contributed by atoms with E-state index in [1.54, 1.807) is 23.1 Å². The van der Waals surface area contributed by atoms with Gasteiger partial charge in [-0.1, -0.05) is 6.07 Å². The fourth-order valence-electron chi connectivity index (χ4n) is 3.48. The molecule has 2 N–H and O–H groups in total. The molecule has 30 heavy (non-hydrogen) atoms. The first kappa shape index (κ1) is 20.5. The largest absolute Gasteiger partial charge is 0.396 e. The van der Waals surface area contributed by atoms with Gasteiger partial charge in [-0.05, 0) is 52.7 Å². The first-order chi connectivity index (χ1) is 14.6. The van der Waals surface area contributed by atoms with Crippen LogP contribution in [0.25, 0.3) is 0 Å². The lowest BCUT2D eigenvalue weighted by Gasteiger charge is -2.27. The molecule has 1 aromatic carbocycles. The summed E-state index contributed by atoms with van der Waals surface area (Å²) in [6.07, 6.45) is 2.05. The van der Waals surface area contributed by atoms with Crippen LogP contribution in [0, 0.1) is 0 Å². The summed E-state index contributed by atoms with van der Waals surface area (Å²) in [7, 11) is 0. The fraction of sp³-hybridized carbons (Fsp3) is 0.286. The van der Waals surface area contributed by atoms with Gasteiger partial charge in [-0.3, -0.25) is 9.59 Å². The zero-order valence-electron chi connectivity index (χ0n) is 16.2. The van der Waals surface area contributed by atoms with Gasteiger partial charge in [0.05, 0.1) is 18.0 Å². The number of pyridine rings is 1. The molecule has 4 rings (SSSR count). The molecular formula is C21H21BrN4O4. The molecule has 0 saturated carbocycles. The van der Waals surface area contributed by atoms with Crippen molar-refractivity contribution < 1.29 is 19.4 Å². The maximum absolute atomic E-state index is 12.7. The predicted octanol–water partition coefficient (Wildman–Crippen LogP) is 2.55. The molecule has 0 spiro atoms. The van der Waals surface area contributed by atoms with E-state index in [9.17, 15) is 14.7 Å². The number of benzene rings is 1. The Morgan fingerprint density at radius 1 is 1.33 bits per heavy atom. The van der Waals surface area contributed by atoms with Crippen LogP contribution in [0.5, 0.6) is 0 Å². The van der Waals surface area contributed by atoms with Gasteiger partial charge in [-0.25, -0.2) is 4.98 Å². The van der Waals surface area contributed by atoms with Crippen LogP contribution >= 0.6 is 15.9 Å². The lowest BCUT2D eigenvalue weighted by molar-refractivity contribution is -0.125. The molecule has 1 saturated heterocycles. The van der Waals surface area contributed by atoms with Gasteiger partial charge in [-0.2, -0.15) is 0 Å². The molecular weight excluding hydrogens is 452 g/mol. The van der Waals surface area contributed by atoms with Crippen LogP contribution in [0.15, 0.2) is 52.9 Å². The molecule has 1 aromatic heterocycles. The van der Waals surface area contributed by atoms with Crippen molar-refractivity contribution in [3.63, 3.8) is 0 Å². The lowest BCUT2D eigenvalue weighted by atomic mass is 10.2. The molecule has 1 amide bonds. The first-order valence-electron chi connectivity index (χ1n) is 9.63. The van der Waals surface area contributed by atoms with E-state index in [-0.39, 0.29) is 24.9 Å². The zero-order chi connectivity index (χ0) is 21.1. The van der Waals surface area contributed by atoms with Gasteiger partial charge in [0.25, 0.3) is 5.91 Å². The molecule has 0 aliphatic carbocycles. The number of hydrogen-bond acceptors (Lipinski definition) is 7. The second-order valence-electron chi connectivity index (χ2n) is 6.89. The molecule has 0 atom stereocenters. The number of ether oxygens (including phenoxy) is 1. The standard InChI is InChI=1S/C21H21BrN4O4/c22-19-4-1-3-15(23-19)18(28)12-20-24-16-11-14(25-8-10-30-13-21(25)29)5-6-17(16)26(20)7-2-9-27/h1,3-6,11-12,24,27H,2,7-10,13H2. The van der Waals surface area contributed by atoms with E-state index in [2.05, 4.69) is 26.2 Å². The van der Waals surface area contributed by atoms with Crippen molar-refractivity contribution in [2.45, 2.75) is 6.42 Å². The molecule has 8 nitrogen and oxygen atoms in total. The first-order valence-corrected chi connectivity index (χ1v) is 10.4. The number of aromatic nitrogens is 1. The normalized spacial score (nSPS) is 17.3. The number of allylic oxidation sites excluding steroid dienone is 1. The third kappa shape index (κ3) is 4.23. The Labute approximate surface area is 182 Å². The van der Waals surface area contributed by atoms with Crippen LogP contribution in [0.3, 0.4) is 0 Å². The van der Waals surface area contributed by atoms with E-state index in [0.29, 0.717) is 42.2 Å². The smallest absolute Gasteiger partial charge is 0.253 e. The van der Waals surface area contributed by atoms with Gasteiger partial charge in [-0.15, -0.1) is 0 Å². The summed E-state index contributed by atoms with van der Waals surface area (Å²) in [6.45, 7) is 1.66. The molecule has 156 valence electrons. The monoisotopic (exact) mass is 472 g/mol. The number of aliphatic hydroxyl groups is 1. The average Bonchev–Trinajstić information content (AvgIpc) is 3.08. The second-order valence-corrected chi connectivity index (χ2v) is 7.71. The molecule has 1 fully saturated rings. The van der Waals surface area contributed by atoms with Gasteiger partial charge >= 0.3 is 0 Å². The summed E-state index contributed by atoms with van der Waals surface area (Å²) < 4.78 is 5.79. The highest BCUT2D eigenvalue weighted by atomic mass is 79.9. The fourth-order valence-corrected chi connectivity index (χ4v) is 3.82. The maximum atomic E-state index is 12.7. The molecule has 0 unspecified atom stereocenters. The van der Waals surface area contributed by atoms with Crippen LogP contribution in [0.4, 0.5) is 17.1 Å². The highest BCUT2D eigenvalue weighted by molar-refractivity contribution is 9.10. The molecule has 2 aliphatic heterocycles. The summed E-state index contributed by atoms with van der Waals surface area (Å²) in [6, 6.07) is 10.9. The van der Waals surface area contributed by atoms with E-state index in [1.165, 1.54) is 6.08 Å². The average molecular weight is 473 g/mol. The van der Waals surface area contributed by atoms with Gasteiger partial charge < -0.3 is 25.0 Å². The third-order valence-corrected chi connectivity index (χ3v) is 5.34. The van der Waals surface area contributed by atoms with E-state index in [1.807, 2.05) is 23.1 Å². The molecule has 0 bridgehead atoms. The summed E-state index contributed by atoms with van der Waals surface area (Å²) in [5.74, 6) is 0.294. The van der Waals surface area contributed by atoms with Crippen LogP contribution in [0.1, 0.15) is 16.9 Å². The van der Waals surface area contributed by atoms with Crippen molar-refractivity contribution in [2.24, 2.45) is 0 Å². The van der Waals surface area contributed by atoms with Gasteiger partial charge in [0, 0.05) is 31.5 Å². The number of nitrogens with one attached hydrogen (secondary N) is 1. The third-order valence-electron chi connectivity index (χ3n) is 4.90. The molecule has 3 heterocycles. The number of amides is 1. The Kier molecular flexibility index (Phi) is 6.12. The summed E-state index contributed by atoms with van der Waals surface area (Å²) in [5.41, 5.74) is 2.79. The van der Waals surface area contributed by atoms with Crippen molar-refractivity contribution in [3.8, 4) is 0 Å². The van der Waals surface area contributed by atoms with Gasteiger partial charge in [0.1, 0.15) is 22.7 Å². The van der Waals surface area contributed by atoms with Crippen molar-refractivity contribution in [1.29, 1.82) is 0 Å². The number of aliphatic hydroxyl groups excluding tert-OH is 1. The molecule has 2 aliphatic rings. The summed E-state index contributed by atoms with van der Waals surface area (Å²) in [4.78, 5) is 32.8. The number of carbonyl (C=O) groups is 2.